The highest BCUT2D eigenvalue weighted by Crippen LogP contribution is 2.69. The predicted octanol–water partition coefficient (Wildman–Crippen LogP) is 3.01. The molecule has 1 N–H and O–H groups in total. The largest absolute Gasteiger partial charge is 0.310 e. The SMILES string of the molecule is O=C(Nc1cc(Cl)nc(Cl)n1)C1C2C3CCC(C3)C12. The Morgan fingerprint density at radius 1 is 1.21 bits per heavy atom. The number of carbonyl (C=O) groups excluding carboxylic acids is 1. The number of halogens is 2. The van der Waals surface area contributed by atoms with Crippen molar-refractivity contribution in [2.75, 3.05) is 5.32 Å². The summed E-state index contributed by atoms with van der Waals surface area (Å²) in [4.78, 5) is 20.0. The minimum absolute atomic E-state index is 0.0545. The average Bonchev–Trinajstić information content (AvgIpc) is 2.78. The lowest BCUT2D eigenvalue weighted by Crippen LogP contribution is -2.19. The quantitative estimate of drug-likeness (QED) is 0.674. The van der Waals surface area contributed by atoms with Crippen molar-refractivity contribution in [2.45, 2.75) is 19.3 Å². The maximum Gasteiger partial charge on any atom is 0.229 e. The molecule has 6 heteroatoms. The molecule has 3 aliphatic rings. The van der Waals surface area contributed by atoms with Gasteiger partial charge < -0.3 is 5.32 Å². The van der Waals surface area contributed by atoms with Gasteiger partial charge in [-0.15, -0.1) is 0 Å². The normalized spacial score (nSPS) is 38.1. The van der Waals surface area contributed by atoms with Crippen LogP contribution in [0.15, 0.2) is 6.07 Å². The number of hydrogen-bond acceptors (Lipinski definition) is 3. The van der Waals surface area contributed by atoms with E-state index in [2.05, 4.69) is 15.3 Å². The molecule has 0 radical (unpaired) electrons. The first-order valence-corrected chi connectivity index (χ1v) is 7.40. The Balaban J connectivity index is 1.48. The molecule has 3 fully saturated rings. The Morgan fingerprint density at radius 3 is 2.53 bits per heavy atom. The van der Waals surface area contributed by atoms with Crippen LogP contribution in [0.25, 0.3) is 0 Å². The molecule has 1 aromatic heterocycles. The lowest BCUT2D eigenvalue weighted by molar-refractivity contribution is -0.118. The molecule has 0 aliphatic heterocycles. The van der Waals surface area contributed by atoms with Crippen molar-refractivity contribution in [3.8, 4) is 0 Å². The molecule has 3 aliphatic carbocycles. The van der Waals surface area contributed by atoms with E-state index in [0.29, 0.717) is 17.7 Å². The fraction of sp³-hybridized carbons (Fsp3) is 0.615. The molecule has 4 rings (SSSR count). The summed E-state index contributed by atoms with van der Waals surface area (Å²) in [7, 11) is 0. The molecule has 0 spiro atoms. The summed E-state index contributed by atoms with van der Waals surface area (Å²) in [6.07, 6.45) is 3.95. The molecule has 4 nitrogen and oxygen atoms in total. The van der Waals surface area contributed by atoms with Gasteiger partial charge in [-0.3, -0.25) is 4.79 Å². The third-order valence-electron chi connectivity index (χ3n) is 4.96. The van der Waals surface area contributed by atoms with Gasteiger partial charge in [0.2, 0.25) is 11.2 Å². The highest BCUT2D eigenvalue weighted by molar-refractivity contribution is 6.32. The smallest absolute Gasteiger partial charge is 0.229 e. The number of carbonyl (C=O) groups is 1. The van der Waals surface area contributed by atoms with Crippen molar-refractivity contribution < 1.29 is 4.79 Å². The molecule has 4 atom stereocenters. The van der Waals surface area contributed by atoms with E-state index < -0.39 is 0 Å². The van der Waals surface area contributed by atoms with Crippen LogP contribution in [0.3, 0.4) is 0 Å². The van der Waals surface area contributed by atoms with Gasteiger partial charge >= 0.3 is 0 Å². The van der Waals surface area contributed by atoms with E-state index in [1.54, 1.807) is 0 Å². The second-order valence-corrected chi connectivity index (χ2v) is 6.57. The molecule has 4 unspecified atom stereocenters. The molecule has 1 heterocycles. The monoisotopic (exact) mass is 297 g/mol. The first kappa shape index (κ1) is 11.9. The van der Waals surface area contributed by atoms with Crippen LogP contribution < -0.4 is 5.32 Å². The van der Waals surface area contributed by atoms with E-state index >= 15 is 0 Å². The Labute approximate surface area is 120 Å². The number of nitrogens with one attached hydrogen (secondary N) is 1. The summed E-state index contributed by atoms with van der Waals surface area (Å²) in [5.41, 5.74) is 0. The molecule has 0 saturated heterocycles. The minimum Gasteiger partial charge on any atom is -0.310 e. The predicted molar refractivity (Wildman–Crippen MR) is 72.0 cm³/mol. The van der Waals surface area contributed by atoms with E-state index in [1.807, 2.05) is 0 Å². The number of fused-ring (bicyclic) bond motifs is 5. The maximum absolute atomic E-state index is 12.3. The Bertz CT molecular complexity index is 529. The lowest BCUT2D eigenvalue weighted by atomic mass is 10.0. The summed E-state index contributed by atoms with van der Waals surface area (Å²) in [5.74, 6) is 3.44. The van der Waals surface area contributed by atoms with Gasteiger partial charge in [-0.1, -0.05) is 11.6 Å². The van der Waals surface area contributed by atoms with Gasteiger partial charge in [0.05, 0.1) is 0 Å². The topological polar surface area (TPSA) is 54.9 Å². The van der Waals surface area contributed by atoms with Gasteiger partial charge in [-0.25, -0.2) is 9.97 Å². The first-order valence-electron chi connectivity index (χ1n) is 6.64. The van der Waals surface area contributed by atoms with Gasteiger partial charge in [-0.05, 0) is 54.5 Å². The third kappa shape index (κ3) is 1.84. The van der Waals surface area contributed by atoms with Gasteiger partial charge in [0.25, 0.3) is 0 Å². The highest BCUT2D eigenvalue weighted by Gasteiger charge is 2.67. The van der Waals surface area contributed by atoms with Crippen molar-refractivity contribution >= 4 is 34.9 Å². The van der Waals surface area contributed by atoms with E-state index in [1.165, 1.54) is 25.3 Å². The molecular formula is C13H13Cl2N3O. The van der Waals surface area contributed by atoms with E-state index in [4.69, 9.17) is 23.2 Å². The van der Waals surface area contributed by atoms with Gasteiger partial charge in [-0.2, -0.15) is 0 Å². The average molecular weight is 298 g/mol. The molecule has 2 bridgehead atoms. The van der Waals surface area contributed by atoms with Crippen molar-refractivity contribution in [1.82, 2.24) is 9.97 Å². The summed E-state index contributed by atoms with van der Waals surface area (Å²) in [6, 6.07) is 1.53. The number of aromatic nitrogens is 2. The van der Waals surface area contributed by atoms with Crippen LogP contribution in [0.4, 0.5) is 5.82 Å². The molecule has 1 aromatic rings. The Morgan fingerprint density at radius 2 is 1.89 bits per heavy atom. The summed E-state index contributed by atoms with van der Waals surface area (Å²) < 4.78 is 0. The van der Waals surface area contributed by atoms with Crippen molar-refractivity contribution in [3.05, 3.63) is 16.5 Å². The van der Waals surface area contributed by atoms with Crippen molar-refractivity contribution in [1.29, 1.82) is 0 Å². The third-order valence-corrected chi connectivity index (χ3v) is 5.32. The first-order chi connectivity index (χ1) is 9.13. The Kier molecular flexibility index (Phi) is 2.55. The Hall–Kier alpha value is -0.870. The van der Waals surface area contributed by atoms with Crippen LogP contribution in [-0.4, -0.2) is 15.9 Å². The second-order valence-electron chi connectivity index (χ2n) is 5.85. The number of amides is 1. The molecule has 100 valence electrons. The van der Waals surface area contributed by atoms with E-state index in [9.17, 15) is 4.79 Å². The highest BCUT2D eigenvalue weighted by atomic mass is 35.5. The zero-order chi connectivity index (χ0) is 13.1. The van der Waals surface area contributed by atoms with Crippen molar-refractivity contribution in [2.24, 2.45) is 29.6 Å². The van der Waals surface area contributed by atoms with Crippen LogP contribution >= 0.6 is 23.2 Å². The molecule has 3 saturated carbocycles. The number of hydrogen-bond donors (Lipinski definition) is 1. The van der Waals surface area contributed by atoms with E-state index in [-0.39, 0.29) is 22.3 Å². The molecule has 19 heavy (non-hydrogen) atoms. The van der Waals surface area contributed by atoms with Gasteiger partial charge in [0.1, 0.15) is 11.0 Å². The maximum atomic E-state index is 12.3. The van der Waals surface area contributed by atoms with Crippen LogP contribution in [0, 0.1) is 29.6 Å². The van der Waals surface area contributed by atoms with E-state index in [0.717, 1.165) is 11.8 Å². The van der Waals surface area contributed by atoms with Gasteiger partial charge in [0, 0.05) is 12.0 Å². The van der Waals surface area contributed by atoms with Crippen LogP contribution in [0.1, 0.15) is 19.3 Å². The standard InChI is InChI=1S/C13H13Cl2N3O/c14-7-4-8(18-13(15)16-7)17-12(19)11-9-5-1-2-6(3-5)10(9)11/h4-6,9-11H,1-3H2,(H,16,17,18,19). The fourth-order valence-electron chi connectivity index (χ4n) is 4.34. The fourth-order valence-corrected chi connectivity index (χ4v) is 4.75. The molecular weight excluding hydrogens is 285 g/mol. The van der Waals surface area contributed by atoms with Crippen molar-refractivity contribution in [3.63, 3.8) is 0 Å². The van der Waals surface area contributed by atoms with Gasteiger partial charge in [0.15, 0.2) is 0 Å². The number of nitrogens with zero attached hydrogens (tertiary/aromatic N) is 2. The number of rotatable bonds is 2. The minimum atomic E-state index is 0.0545. The van der Waals surface area contributed by atoms with Crippen LogP contribution in [0.2, 0.25) is 10.4 Å². The van der Waals surface area contributed by atoms with Crippen LogP contribution in [-0.2, 0) is 4.79 Å². The molecule has 0 aromatic carbocycles. The zero-order valence-electron chi connectivity index (χ0n) is 10.1. The summed E-state index contributed by atoms with van der Waals surface area (Å²) >= 11 is 11.5. The molecule has 1 amide bonds. The zero-order valence-corrected chi connectivity index (χ0v) is 11.7. The summed E-state index contributed by atoms with van der Waals surface area (Å²) in [5, 5.41) is 3.12. The second kappa shape index (κ2) is 4.06. The summed E-state index contributed by atoms with van der Waals surface area (Å²) in [6.45, 7) is 0. The lowest BCUT2D eigenvalue weighted by Gasteiger charge is -2.09. The number of anilines is 1. The van der Waals surface area contributed by atoms with Crippen LogP contribution in [0.5, 0.6) is 0 Å².